The van der Waals surface area contributed by atoms with Gasteiger partial charge in [0.1, 0.15) is 24.0 Å². The van der Waals surface area contributed by atoms with Gasteiger partial charge in [0.2, 0.25) is 5.82 Å². The molecular weight excluding hydrogens is 864 g/mol. The average molecular weight is 911 g/mol. The van der Waals surface area contributed by atoms with Crippen LogP contribution in [0.25, 0.3) is 33.5 Å². The lowest BCUT2D eigenvalue weighted by atomic mass is 9.98. The van der Waals surface area contributed by atoms with Crippen molar-refractivity contribution in [3.63, 3.8) is 0 Å². The molecule has 65 heavy (non-hydrogen) atoms. The number of nitrogens with one attached hydrogen (secondary N) is 1. The number of hydrogen-bond acceptors (Lipinski definition) is 11. The third-order valence-electron chi connectivity index (χ3n) is 10.8. The molecule has 0 aliphatic heterocycles. The topological polar surface area (TPSA) is 172 Å². The fraction of sp³-hybridized carbons (Fsp3) is 0.245. The van der Waals surface area contributed by atoms with E-state index in [1.165, 1.54) is 0 Å². The van der Waals surface area contributed by atoms with Gasteiger partial charge in [0.05, 0.1) is 29.9 Å². The van der Waals surface area contributed by atoms with E-state index in [9.17, 15) is 14.7 Å². The first kappa shape index (κ1) is 44.8. The number of carbonyl (C=O) groups is 2. The van der Waals surface area contributed by atoms with Gasteiger partial charge in [0, 0.05) is 47.7 Å². The van der Waals surface area contributed by atoms with Gasteiger partial charge >= 0.3 is 11.9 Å². The van der Waals surface area contributed by atoms with Gasteiger partial charge in [-0.15, -0.1) is 22.0 Å². The number of carboxylic acid groups (broad SMARTS) is 1. The number of nitrogens with zero attached hydrogens (tertiary/aromatic N) is 7. The molecule has 0 saturated carbocycles. The third-order valence-corrected chi connectivity index (χ3v) is 12.1. The summed E-state index contributed by atoms with van der Waals surface area (Å²) in [4.78, 5) is 36.5. The number of halogens is 1. The van der Waals surface area contributed by atoms with Crippen molar-refractivity contribution in [2.24, 2.45) is 7.05 Å². The molecule has 332 valence electrons. The Bertz CT molecular complexity index is 2900. The van der Waals surface area contributed by atoms with Crippen molar-refractivity contribution in [3.05, 3.63) is 160 Å². The van der Waals surface area contributed by atoms with Crippen molar-refractivity contribution >= 4 is 46.3 Å². The van der Waals surface area contributed by atoms with E-state index < -0.39 is 18.0 Å². The molecule has 1 unspecified atom stereocenters. The Balaban J connectivity index is 0.934. The maximum atomic E-state index is 13.7. The van der Waals surface area contributed by atoms with E-state index in [4.69, 9.17) is 35.8 Å². The zero-order valence-corrected chi connectivity index (χ0v) is 37.7. The maximum Gasteiger partial charge on any atom is 0.356 e. The fourth-order valence-corrected chi connectivity index (χ4v) is 8.64. The van der Waals surface area contributed by atoms with Gasteiger partial charge in [-0.25, -0.2) is 19.6 Å². The monoisotopic (exact) mass is 910 g/mol. The molecule has 1 atom stereocenters. The van der Waals surface area contributed by atoms with Gasteiger partial charge in [-0.05, 0) is 88.8 Å². The van der Waals surface area contributed by atoms with Gasteiger partial charge in [-0.2, -0.15) is 5.21 Å². The number of H-pyrrole nitrogens is 1. The number of thioether (sulfide) groups is 1. The molecule has 5 aromatic carbocycles. The molecule has 0 saturated heterocycles. The molecule has 8 rings (SSSR count). The standard InChI is InChI=1S/C49H47ClN8O6S/c1-4-9-44-52-41(46(49(61)62-5-2)58(44)27-32-14-18-34(19-15-32)38-12-6-7-13-39(38)47-53-55-56-54-47)30-65-37-22-23-40-42(26-37)57(3)45(51-40)29-63-36-20-16-31(17-21-36)25-43(48(59)60)64-28-33-10-8-11-35(50)24-33/h6-8,10-24,26,43H,4-5,9,25,27-30H2,1-3H3,(H,59,60)(H,53,54,55,56). The summed E-state index contributed by atoms with van der Waals surface area (Å²) in [6, 6.07) is 36.8. The van der Waals surface area contributed by atoms with E-state index in [0.717, 1.165) is 67.4 Å². The number of esters is 1. The molecule has 14 nitrogen and oxygen atoms in total. The highest BCUT2D eigenvalue weighted by Crippen LogP contribution is 2.32. The van der Waals surface area contributed by atoms with Gasteiger partial charge < -0.3 is 28.5 Å². The van der Waals surface area contributed by atoms with Crippen LogP contribution in [0.5, 0.6) is 5.75 Å². The summed E-state index contributed by atoms with van der Waals surface area (Å²) in [6.07, 6.45) is 0.745. The molecule has 0 amide bonds. The van der Waals surface area contributed by atoms with E-state index in [-0.39, 0.29) is 26.2 Å². The summed E-state index contributed by atoms with van der Waals surface area (Å²) in [6.45, 7) is 4.98. The maximum absolute atomic E-state index is 13.7. The van der Waals surface area contributed by atoms with Gasteiger partial charge in [0.15, 0.2) is 11.8 Å². The highest BCUT2D eigenvalue weighted by Gasteiger charge is 2.25. The Morgan fingerprint density at radius 3 is 2.35 bits per heavy atom. The Hall–Kier alpha value is -6.81. The second kappa shape index (κ2) is 20.8. The molecule has 0 radical (unpaired) electrons. The lowest BCUT2D eigenvalue weighted by Gasteiger charge is -2.14. The SMILES string of the molecule is CCCc1nc(CSc2ccc3nc(COc4ccc(CC(OCc5cccc(Cl)c5)C(=O)O)cc4)n(C)c3c2)c(C(=O)OCC)n1Cc1ccc(-c2ccccc2-c2nn[nH]n2)cc1. The van der Waals surface area contributed by atoms with Gasteiger partial charge in [-0.3, -0.25) is 0 Å². The molecule has 0 spiro atoms. The quantitative estimate of drug-likeness (QED) is 0.0549. The number of aryl methyl sites for hydroxylation is 2. The summed E-state index contributed by atoms with van der Waals surface area (Å²) in [7, 11) is 1.96. The van der Waals surface area contributed by atoms with E-state index in [2.05, 4.69) is 57.9 Å². The first-order chi connectivity index (χ1) is 31.7. The van der Waals surface area contributed by atoms with Crippen LogP contribution in [0.3, 0.4) is 0 Å². The Kier molecular flexibility index (Phi) is 14.3. The van der Waals surface area contributed by atoms with Crippen molar-refractivity contribution in [2.45, 2.75) is 69.6 Å². The van der Waals surface area contributed by atoms with Crippen molar-refractivity contribution < 1.29 is 28.9 Å². The Morgan fingerprint density at radius 2 is 1.63 bits per heavy atom. The second-order valence-corrected chi connectivity index (χ2v) is 16.8. The highest BCUT2D eigenvalue weighted by atomic mass is 35.5. The number of tetrazole rings is 1. The molecule has 0 fully saturated rings. The number of fused-ring (bicyclic) bond motifs is 1. The predicted octanol–water partition coefficient (Wildman–Crippen LogP) is 9.53. The minimum atomic E-state index is -1.04. The Labute approximate surface area is 385 Å². The largest absolute Gasteiger partial charge is 0.486 e. The van der Waals surface area contributed by atoms with Gasteiger partial charge in [0.25, 0.3) is 0 Å². The van der Waals surface area contributed by atoms with Crippen molar-refractivity contribution in [3.8, 4) is 28.3 Å². The molecule has 8 aromatic rings. The number of ether oxygens (including phenoxy) is 3. The summed E-state index contributed by atoms with van der Waals surface area (Å²) in [5.41, 5.74) is 8.40. The van der Waals surface area contributed by atoms with E-state index in [1.54, 1.807) is 30.0 Å². The number of rotatable bonds is 20. The van der Waals surface area contributed by atoms with Crippen LogP contribution in [0.15, 0.2) is 120 Å². The van der Waals surface area contributed by atoms with E-state index in [0.29, 0.717) is 46.7 Å². The van der Waals surface area contributed by atoms with E-state index >= 15 is 0 Å². The summed E-state index contributed by atoms with van der Waals surface area (Å²) in [5.74, 6) is 1.75. The fourth-order valence-electron chi connectivity index (χ4n) is 7.56. The van der Waals surface area contributed by atoms with Crippen molar-refractivity contribution in [1.29, 1.82) is 0 Å². The van der Waals surface area contributed by atoms with E-state index in [1.807, 2.05) is 89.8 Å². The van der Waals surface area contributed by atoms with Crippen molar-refractivity contribution in [2.75, 3.05) is 6.61 Å². The average Bonchev–Trinajstić information content (AvgIpc) is 4.05. The first-order valence-electron chi connectivity index (χ1n) is 21.2. The van der Waals surface area contributed by atoms with Crippen LogP contribution in [0.1, 0.15) is 64.8 Å². The molecule has 3 aromatic heterocycles. The normalized spacial score (nSPS) is 11.8. The molecule has 0 aliphatic rings. The molecule has 3 heterocycles. The summed E-state index contributed by atoms with van der Waals surface area (Å²) < 4.78 is 21.5. The highest BCUT2D eigenvalue weighted by molar-refractivity contribution is 7.98. The smallest absolute Gasteiger partial charge is 0.356 e. The summed E-state index contributed by atoms with van der Waals surface area (Å²) in [5, 5.41) is 25.0. The van der Waals surface area contributed by atoms with Crippen LogP contribution >= 0.6 is 23.4 Å². The zero-order valence-electron chi connectivity index (χ0n) is 36.1. The minimum absolute atomic E-state index is 0.138. The lowest BCUT2D eigenvalue weighted by molar-refractivity contribution is -0.151. The van der Waals surface area contributed by atoms with Crippen LogP contribution in [-0.2, 0) is 59.7 Å². The van der Waals surface area contributed by atoms with Gasteiger partial charge in [-0.1, -0.05) is 91.3 Å². The molecule has 2 N–H and O–H groups in total. The number of imidazole rings is 2. The lowest BCUT2D eigenvalue weighted by Crippen LogP contribution is -2.26. The second-order valence-electron chi connectivity index (χ2n) is 15.3. The zero-order chi connectivity index (χ0) is 45.3. The number of aromatic amines is 1. The van der Waals surface area contributed by atoms with Crippen molar-refractivity contribution in [1.82, 2.24) is 39.7 Å². The number of hydrogen-bond donors (Lipinski definition) is 2. The first-order valence-corrected chi connectivity index (χ1v) is 22.6. The van der Waals surface area contributed by atoms with Crippen LogP contribution in [-0.4, -0.2) is 69.5 Å². The number of carbonyl (C=O) groups excluding carboxylic acids is 1. The van der Waals surface area contributed by atoms with Crippen LogP contribution < -0.4 is 4.74 Å². The molecule has 16 heteroatoms. The third kappa shape index (κ3) is 10.8. The number of aromatic nitrogens is 8. The minimum Gasteiger partial charge on any atom is -0.486 e. The molecule has 0 aliphatic carbocycles. The predicted molar refractivity (Wildman–Crippen MR) is 249 cm³/mol. The summed E-state index contributed by atoms with van der Waals surface area (Å²) >= 11 is 7.66. The Morgan fingerprint density at radius 1 is 0.846 bits per heavy atom. The molecule has 0 bridgehead atoms. The number of carboxylic acids is 1. The van der Waals surface area contributed by atoms with Crippen LogP contribution in [0.2, 0.25) is 5.02 Å². The molecular formula is C49H47ClN8O6S. The van der Waals surface area contributed by atoms with Crippen LogP contribution in [0, 0.1) is 0 Å². The number of benzene rings is 5. The van der Waals surface area contributed by atoms with Crippen LogP contribution in [0.4, 0.5) is 0 Å². The number of aliphatic carboxylic acids is 1.